The van der Waals surface area contributed by atoms with E-state index in [0.717, 1.165) is 21.0 Å². The third kappa shape index (κ3) is 6.72. The Morgan fingerprint density at radius 1 is 0.947 bits per heavy atom. The normalized spacial score (nSPS) is 11.8. The molecule has 0 bridgehead atoms. The van der Waals surface area contributed by atoms with Crippen molar-refractivity contribution in [3.63, 3.8) is 0 Å². The third-order valence-electron chi connectivity index (χ3n) is 6.11. The van der Waals surface area contributed by atoms with Gasteiger partial charge < -0.3 is 9.47 Å². The first-order valence-electron chi connectivity index (χ1n) is 12.4. The number of nitrogens with zero attached hydrogens (tertiary/aromatic N) is 2. The van der Waals surface area contributed by atoms with Gasteiger partial charge in [-0.15, -0.1) is 0 Å². The molecule has 3 aromatic carbocycles. The highest BCUT2D eigenvalue weighted by Gasteiger charge is 2.27. The Hall–Kier alpha value is -3.85. The standard InChI is InChI=1S/C29H35N3O5S/c1-7-26(23-12-17-27(36-5)28(18-23)37-6)30-31-29(33)19-32(24-13-10-22(11-14-24)20(2)3)38(34,35)25-15-8-21(4)9-16-25/h8-18,20H,7,19H2,1-6H3,(H,31,33)/b30-26-. The van der Waals surface area contributed by atoms with Crippen LogP contribution in [0.3, 0.4) is 0 Å². The van der Waals surface area contributed by atoms with E-state index in [0.29, 0.717) is 29.3 Å². The molecule has 3 rings (SSSR count). The van der Waals surface area contributed by atoms with Gasteiger partial charge in [0.05, 0.1) is 30.5 Å². The minimum atomic E-state index is -4.02. The molecule has 0 atom stereocenters. The summed E-state index contributed by atoms with van der Waals surface area (Å²) < 4.78 is 39.0. The van der Waals surface area contributed by atoms with E-state index in [-0.39, 0.29) is 10.8 Å². The smallest absolute Gasteiger partial charge is 0.264 e. The van der Waals surface area contributed by atoms with E-state index in [1.165, 1.54) is 0 Å². The number of nitrogens with one attached hydrogen (secondary N) is 1. The zero-order chi connectivity index (χ0) is 27.9. The summed E-state index contributed by atoms with van der Waals surface area (Å²) in [5.41, 5.74) is 6.28. The summed E-state index contributed by atoms with van der Waals surface area (Å²) in [5, 5.41) is 4.29. The lowest BCUT2D eigenvalue weighted by atomic mass is 10.0. The molecule has 0 aliphatic heterocycles. The molecule has 0 spiro atoms. The number of aryl methyl sites for hydroxylation is 1. The number of sulfonamides is 1. The average Bonchev–Trinajstić information content (AvgIpc) is 2.92. The number of hydrazone groups is 1. The van der Waals surface area contributed by atoms with Crippen molar-refractivity contribution in [1.82, 2.24) is 5.43 Å². The molecule has 202 valence electrons. The zero-order valence-corrected chi connectivity index (χ0v) is 23.5. The fourth-order valence-electron chi connectivity index (χ4n) is 3.84. The minimum Gasteiger partial charge on any atom is -0.493 e. The first-order chi connectivity index (χ1) is 18.1. The molecule has 0 saturated heterocycles. The molecule has 0 saturated carbocycles. The van der Waals surface area contributed by atoms with Crippen LogP contribution in [0.5, 0.6) is 11.5 Å². The summed E-state index contributed by atoms with van der Waals surface area (Å²) >= 11 is 0. The van der Waals surface area contributed by atoms with Gasteiger partial charge in [-0.25, -0.2) is 13.8 Å². The van der Waals surface area contributed by atoms with Gasteiger partial charge in [-0.1, -0.05) is 50.6 Å². The van der Waals surface area contributed by atoms with Crippen molar-refractivity contribution in [2.75, 3.05) is 25.1 Å². The quantitative estimate of drug-likeness (QED) is 0.266. The van der Waals surface area contributed by atoms with Gasteiger partial charge in [0.2, 0.25) is 0 Å². The van der Waals surface area contributed by atoms with Crippen molar-refractivity contribution in [2.45, 2.75) is 44.9 Å². The van der Waals surface area contributed by atoms with Gasteiger partial charge in [0, 0.05) is 5.56 Å². The van der Waals surface area contributed by atoms with Gasteiger partial charge >= 0.3 is 0 Å². The van der Waals surface area contributed by atoms with E-state index < -0.39 is 22.5 Å². The topological polar surface area (TPSA) is 97.3 Å². The predicted molar refractivity (Wildman–Crippen MR) is 151 cm³/mol. The molecule has 9 heteroatoms. The molecule has 0 radical (unpaired) electrons. The lowest BCUT2D eigenvalue weighted by Crippen LogP contribution is -2.39. The Balaban J connectivity index is 1.91. The van der Waals surface area contributed by atoms with Crippen LogP contribution in [0, 0.1) is 6.92 Å². The second-order valence-electron chi connectivity index (χ2n) is 9.09. The SMILES string of the molecule is CC/C(=N/NC(=O)CN(c1ccc(C(C)C)cc1)S(=O)(=O)c1ccc(C)cc1)c1ccc(OC)c(OC)c1. The summed E-state index contributed by atoms with van der Waals surface area (Å²) in [6.07, 6.45) is 0.526. The number of ether oxygens (including phenoxy) is 2. The average molecular weight is 538 g/mol. The predicted octanol–water partition coefficient (Wildman–Crippen LogP) is 5.26. The van der Waals surface area contributed by atoms with Crippen LogP contribution in [-0.2, 0) is 14.8 Å². The molecule has 0 heterocycles. The van der Waals surface area contributed by atoms with E-state index in [1.807, 2.05) is 32.0 Å². The number of carbonyl (C=O) groups excluding carboxylic acids is 1. The van der Waals surface area contributed by atoms with Crippen LogP contribution in [0.15, 0.2) is 76.7 Å². The van der Waals surface area contributed by atoms with Crippen LogP contribution in [0.25, 0.3) is 0 Å². The van der Waals surface area contributed by atoms with Gasteiger partial charge in [0.1, 0.15) is 6.54 Å². The van der Waals surface area contributed by atoms with Crippen LogP contribution in [0.4, 0.5) is 5.69 Å². The fraction of sp³-hybridized carbons (Fsp3) is 0.310. The molecule has 0 aliphatic carbocycles. The molecule has 8 nitrogen and oxygen atoms in total. The number of hydrogen-bond acceptors (Lipinski definition) is 6. The van der Waals surface area contributed by atoms with E-state index >= 15 is 0 Å². The Morgan fingerprint density at radius 3 is 2.13 bits per heavy atom. The third-order valence-corrected chi connectivity index (χ3v) is 7.90. The number of carbonyl (C=O) groups is 1. The van der Waals surface area contributed by atoms with Crippen LogP contribution < -0.4 is 19.2 Å². The number of benzene rings is 3. The van der Waals surface area contributed by atoms with E-state index in [2.05, 4.69) is 24.4 Å². The van der Waals surface area contributed by atoms with Crippen LogP contribution in [0.1, 0.15) is 49.8 Å². The fourth-order valence-corrected chi connectivity index (χ4v) is 5.26. The van der Waals surface area contributed by atoms with Crippen LogP contribution in [-0.4, -0.2) is 40.8 Å². The highest BCUT2D eigenvalue weighted by atomic mass is 32.2. The number of methoxy groups -OCH3 is 2. The van der Waals surface area contributed by atoms with Gasteiger partial charge in [0.15, 0.2) is 11.5 Å². The molecule has 1 N–H and O–H groups in total. The van der Waals surface area contributed by atoms with Crippen molar-refractivity contribution in [3.05, 3.63) is 83.4 Å². The van der Waals surface area contributed by atoms with E-state index in [4.69, 9.17) is 9.47 Å². The van der Waals surface area contributed by atoms with E-state index in [9.17, 15) is 13.2 Å². The maximum atomic E-state index is 13.6. The highest BCUT2D eigenvalue weighted by molar-refractivity contribution is 7.92. The van der Waals surface area contributed by atoms with Gasteiger partial charge in [-0.2, -0.15) is 5.10 Å². The zero-order valence-electron chi connectivity index (χ0n) is 22.7. The summed E-state index contributed by atoms with van der Waals surface area (Å²) in [7, 11) is -0.919. The van der Waals surface area contributed by atoms with Crippen molar-refractivity contribution in [2.24, 2.45) is 5.10 Å². The Bertz CT molecular complexity index is 1380. The summed E-state index contributed by atoms with van der Waals surface area (Å²) in [4.78, 5) is 13.1. The first kappa shape index (κ1) is 28.7. The Labute approximate surface area is 225 Å². The number of rotatable bonds is 11. The largest absolute Gasteiger partial charge is 0.493 e. The molecule has 0 unspecified atom stereocenters. The summed E-state index contributed by atoms with van der Waals surface area (Å²) in [6.45, 7) is 7.47. The van der Waals surface area contributed by atoms with Crippen LogP contribution >= 0.6 is 0 Å². The van der Waals surface area contributed by atoms with E-state index in [1.54, 1.807) is 62.8 Å². The highest BCUT2D eigenvalue weighted by Crippen LogP contribution is 2.28. The molecule has 0 aromatic heterocycles. The summed E-state index contributed by atoms with van der Waals surface area (Å²) in [6, 6.07) is 19.1. The Kier molecular flexibility index (Phi) is 9.52. The Morgan fingerprint density at radius 2 is 1.58 bits per heavy atom. The monoisotopic (exact) mass is 537 g/mol. The van der Waals surface area contributed by atoms with Gasteiger partial charge in [-0.3, -0.25) is 9.10 Å². The molecule has 3 aromatic rings. The van der Waals surface area contributed by atoms with Gasteiger partial charge in [0.25, 0.3) is 15.9 Å². The lowest BCUT2D eigenvalue weighted by molar-refractivity contribution is -0.119. The number of hydrogen-bond donors (Lipinski definition) is 1. The minimum absolute atomic E-state index is 0.104. The summed E-state index contributed by atoms with van der Waals surface area (Å²) in [5.74, 6) is 0.835. The number of anilines is 1. The molecular formula is C29H35N3O5S. The maximum Gasteiger partial charge on any atom is 0.264 e. The molecular weight excluding hydrogens is 502 g/mol. The van der Waals surface area contributed by atoms with Crippen LogP contribution in [0.2, 0.25) is 0 Å². The maximum absolute atomic E-state index is 13.6. The second kappa shape index (κ2) is 12.6. The number of amides is 1. The van der Waals surface area contributed by atoms with Crippen molar-refractivity contribution in [3.8, 4) is 11.5 Å². The molecule has 1 amide bonds. The van der Waals surface area contributed by atoms with Gasteiger partial charge in [-0.05, 0) is 67.3 Å². The van der Waals surface area contributed by atoms with Crippen molar-refractivity contribution >= 4 is 27.3 Å². The first-order valence-corrected chi connectivity index (χ1v) is 13.8. The second-order valence-corrected chi connectivity index (χ2v) is 11.0. The molecule has 0 fully saturated rings. The van der Waals surface area contributed by atoms with Crippen molar-refractivity contribution < 1.29 is 22.7 Å². The molecule has 0 aliphatic rings. The van der Waals surface area contributed by atoms with Crippen molar-refractivity contribution in [1.29, 1.82) is 0 Å². The molecule has 38 heavy (non-hydrogen) atoms. The lowest BCUT2D eigenvalue weighted by Gasteiger charge is -2.24.